The van der Waals surface area contributed by atoms with Crippen LogP contribution >= 0.6 is 0 Å². The Morgan fingerprint density at radius 3 is 1.96 bits per heavy atom. The monoisotopic (exact) mass is 408 g/mol. The molecule has 0 unspecified atom stereocenters. The molecule has 0 N–H and O–H groups in total. The first kappa shape index (κ1) is 23.2. The second-order valence-corrected chi connectivity index (χ2v) is 6.35. The van der Waals surface area contributed by atoms with E-state index in [1.165, 1.54) is 6.92 Å². The number of esters is 2. The molecule has 0 spiro atoms. The largest absolute Gasteiger partial charge is 0.465 e. The molecular weight excluding hydrogens is 389 g/mol. The highest BCUT2D eigenvalue weighted by Gasteiger charge is 2.72. The lowest BCUT2D eigenvalue weighted by Gasteiger charge is -2.29. The molecule has 0 heterocycles. The summed E-state index contributed by atoms with van der Waals surface area (Å²) in [5.74, 6) is -13.9. The predicted molar refractivity (Wildman–Crippen MR) is 78.2 cm³/mol. The summed E-state index contributed by atoms with van der Waals surface area (Å²) in [5.41, 5.74) is 0.202. The topological polar surface area (TPSA) is 52.6 Å². The highest BCUT2D eigenvalue weighted by molar-refractivity contribution is 5.87. The molecule has 4 nitrogen and oxygen atoms in total. The lowest BCUT2D eigenvalue weighted by molar-refractivity contribution is -0.356. The molecule has 1 fully saturated rings. The number of hydrogen-bond acceptors (Lipinski definition) is 4. The Hall–Kier alpha value is -1.81. The number of carbonyl (C=O) groups excluding carboxylic acids is 2. The van der Waals surface area contributed by atoms with Crippen LogP contribution in [-0.2, 0) is 19.1 Å². The molecule has 156 valence electrons. The maximum absolute atomic E-state index is 13.1. The van der Waals surface area contributed by atoms with Gasteiger partial charge in [-0.25, -0.2) is 4.79 Å². The van der Waals surface area contributed by atoms with Gasteiger partial charge in [-0.1, -0.05) is 6.58 Å². The third-order valence-electron chi connectivity index (χ3n) is 4.11. The predicted octanol–water partition coefficient (Wildman–Crippen LogP) is 4.43. The Balaban J connectivity index is 2.44. The van der Waals surface area contributed by atoms with E-state index in [-0.39, 0.29) is 18.4 Å². The standard InChI is InChI=1S/C16H19F7O4/c1-9(2)12(24)27-11-5-3-10(4-6-11)13(25)26-8-7-14(17,18)15(19,20)16(21,22)23/h10-11H,1,3-8H2,2H3. The fraction of sp³-hybridized carbons (Fsp3) is 0.750. The molecule has 0 saturated heterocycles. The molecule has 1 aliphatic rings. The van der Waals surface area contributed by atoms with Crippen molar-refractivity contribution in [2.45, 2.75) is 63.2 Å². The highest BCUT2D eigenvalue weighted by atomic mass is 19.4. The van der Waals surface area contributed by atoms with Crippen LogP contribution in [-0.4, -0.2) is 42.7 Å². The summed E-state index contributed by atoms with van der Waals surface area (Å²) in [5, 5.41) is 0. The van der Waals surface area contributed by atoms with E-state index in [4.69, 9.17) is 4.74 Å². The van der Waals surface area contributed by atoms with Crippen molar-refractivity contribution in [2.24, 2.45) is 5.92 Å². The maximum atomic E-state index is 13.1. The van der Waals surface area contributed by atoms with Crippen LogP contribution in [0.2, 0.25) is 0 Å². The summed E-state index contributed by atoms with van der Waals surface area (Å²) in [4.78, 5) is 23.2. The number of carbonyl (C=O) groups is 2. The molecular formula is C16H19F7O4. The van der Waals surface area contributed by atoms with Gasteiger partial charge in [-0.15, -0.1) is 0 Å². The molecule has 0 bridgehead atoms. The van der Waals surface area contributed by atoms with Gasteiger partial charge >= 0.3 is 30.0 Å². The Kier molecular flexibility index (Phi) is 7.29. The third kappa shape index (κ3) is 5.83. The van der Waals surface area contributed by atoms with Crippen LogP contribution < -0.4 is 0 Å². The summed E-state index contributed by atoms with van der Waals surface area (Å²) in [6.45, 7) is 3.60. The zero-order chi connectivity index (χ0) is 21.0. The van der Waals surface area contributed by atoms with Crippen molar-refractivity contribution < 1.29 is 49.8 Å². The first-order valence-corrected chi connectivity index (χ1v) is 8.04. The van der Waals surface area contributed by atoms with Gasteiger partial charge < -0.3 is 9.47 Å². The molecule has 27 heavy (non-hydrogen) atoms. The maximum Gasteiger partial charge on any atom is 0.459 e. The fourth-order valence-electron chi connectivity index (χ4n) is 2.43. The second-order valence-electron chi connectivity index (χ2n) is 6.35. The van der Waals surface area contributed by atoms with Crippen LogP contribution in [0.25, 0.3) is 0 Å². The molecule has 11 heteroatoms. The van der Waals surface area contributed by atoms with Crippen LogP contribution in [0.3, 0.4) is 0 Å². The highest BCUT2D eigenvalue weighted by Crippen LogP contribution is 2.48. The average Bonchev–Trinajstić information content (AvgIpc) is 2.53. The van der Waals surface area contributed by atoms with E-state index in [1.54, 1.807) is 0 Å². The molecule has 0 amide bonds. The summed E-state index contributed by atoms with van der Waals surface area (Å²) in [7, 11) is 0. The van der Waals surface area contributed by atoms with E-state index in [2.05, 4.69) is 11.3 Å². The van der Waals surface area contributed by atoms with Crippen molar-refractivity contribution in [3.05, 3.63) is 12.2 Å². The van der Waals surface area contributed by atoms with Crippen molar-refractivity contribution in [2.75, 3.05) is 6.61 Å². The van der Waals surface area contributed by atoms with E-state index < -0.39 is 55.0 Å². The van der Waals surface area contributed by atoms with E-state index in [0.717, 1.165) is 0 Å². The minimum absolute atomic E-state index is 0.197. The van der Waals surface area contributed by atoms with Crippen molar-refractivity contribution in [3.8, 4) is 0 Å². The number of hydrogen-bond donors (Lipinski definition) is 0. The van der Waals surface area contributed by atoms with E-state index in [1.807, 2.05) is 0 Å². The molecule has 0 aromatic carbocycles. The Morgan fingerprint density at radius 1 is 1.00 bits per heavy atom. The molecule has 0 atom stereocenters. The van der Waals surface area contributed by atoms with Crippen LogP contribution in [0.4, 0.5) is 30.7 Å². The van der Waals surface area contributed by atoms with Crippen molar-refractivity contribution in [3.63, 3.8) is 0 Å². The first-order valence-electron chi connectivity index (χ1n) is 8.04. The summed E-state index contributed by atoms with van der Waals surface area (Å²) in [6, 6.07) is 0. The van der Waals surface area contributed by atoms with Gasteiger partial charge in [0.2, 0.25) is 0 Å². The Labute approximate surface area is 150 Å². The van der Waals surface area contributed by atoms with Gasteiger partial charge in [0, 0.05) is 5.57 Å². The van der Waals surface area contributed by atoms with Crippen molar-refractivity contribution in [1.29, 1.82) is 0 Å². The van der Waals surface area contributed by atoms with Gasteiger partial charge in [0.15, 0.2) is 0 Å². The van der Waals surface area contributed by atoms with Gasteiger partial charge in [-0.3, -0.25) is 4.79 Å². The zero-order valence-electron chi connectivity index (χ0n) is 14.4. The molecule has 0 radical (unpaired) electrons. The molecule has 1 rings (SSSR count). The normalized spacial score (nSPS) is 21.5. The Morgan fingerprint density at radius 2 is 1.52 bits per heavy atom. The van der Waals surface area contributed by atoms with Crippen LogP contribution in [0, 0.1) is 5.92 Å². The van der Waals surface area contributed by atoms with E-state index in [0.29, 0.717) is 12.8 Å². The smallest absolute Gasteiger partial charge is 0.459 e. The summed E-state index contributed by atoms with van der Waals surface area (Å²) in [6.07, 6.45) is -7.85. The van der Waals surface area contributed by atoms with Gasteiger partial charge in [-0.2, -0.15) is 30.7 Å². The molecule has 1 saturated carbocycles. The summed E-state index contributed by atoms with van der Waals surface area (Å²) >= 11 is 0. The number of halogens is 7. The van der Waals surface area contributed by atoms with Crippen molar-refractivity contribution >= 4 is 11.9 Å². The van der Waals surface area contributed by atoms with Gasteiger partial charge in [-0.05, 0) is 32.6 Å². The quantitative estimate of drug-likeness (QED) is 0.355. The fourth-order valence-corrected chi connectivity index (χ4v) is 2.43. The minimum atomic E-state index is -6.42. The van der Waals surface area contributed by atoms with Crippen molar-refractivity contribution in [1.82, 2.24) is 0 Å². The van der Waals surface area contributed by atoms with Crippen LogP contribution in [0.15, 0.2) is 12.2 Å². The zero-order valence-corrected chi connectivity index (χ0v) is 14.4. The van der Waals surface area contributed by atoms with E-state index >= 15 is 0 Å². The Bertz CT molecular complexity index is 564. The van der Waals surface area contributed by atoms with Gasteiger partial charge in [0.25, 0.3) is 0 Å². The lowest BCUT2D eigenvalue weighted by atomic mass is 9.87. The van der Waals surface area contributed by atoms with E-state index in [9.17, 15) is 40.3 Å². The third-order valence-corrected chi connectivity index (χ3v) is 4.11. The summed E-state index contributed by atoms with van der Waals surface area (Å²) < 4.78 is 97.2. The SMILES string of the molecule is C=C(C)C(=O)OC1CCC(C(=O)OCCC(F)(F)C(F)(F)C(F)(F)F)CC1. The minimum Gasteiger partial charge on any atom is -0.465 e. The number of alkyl halides is 7. The molecule has 0 aliphatic heterocycles. The number of rotatable bonds is 7. The van der Waals surface area contributed by atoms with Crippen LogP contribution in [0.5, 0.6) is 0 Å². The molecule has 1 aliphatic carbocycles. The molecule has 0 aromatic rings. The van der Waals surface area contributed by atoms with Gasteiger partial charge in [0.1, 0.15) is 6.10 Å². The second kappa shape index (κ2) is 8.47. The number of ether oxygens (including phenoxy) is 2. The lowest BCUT2D eigenvalue weighted by Crippen LogP contribution is -2.52. The van der Waals surface area contributed by atoms with Crippen LogP contribution in [0.1, 0.15) is 39.0 Å². The first-order chi connectivity index (χ1) is 12.2. The average molecular weight is 408 g/mol. The molecule has 0 aromatic heterocycles. The van der Waals surface area contributed by atoms with Gasteiger partial charge in [0.05, 0.1) is 18.9 Å².